The molecule has 2 unspecified atom stereocenters. The molecule has 4 fully saturated rings. The minimum atomic E-state index is -0.588. The lowest BCUT2D eigenvalue weighted by Crippen LogP contribution is -2.65. The average Bonchev–Trinajstić information content (AvgIpc) is 2.97. The normalized spacial score (nSPS) is 47.7. The molecular weight excluding hydrogens is 448 g/mol. The topological polar surface area (TPSA) is 60.4 Å². The Hall–Kier alpha value is -1.45. The monoisotopic (exact) mass is 496 g/mol. The van der Waals surface area contributed by atoms with E-state index in [-0.39, 0.29) is 51.2 Å². The van der Waals surface area contributed by atoms with Crippen molar-refractivity contribution < 1.29 is 19.1 Å². The Morgan fingerprint density at radius 2 is 1.50 bits per heavy atom. The fourth-order valence-corrected chi connectivity index (χ4v) is 11.1. The zero-order valence-electron chi connectivity index (χ0n) is 24.2. The second-order valence-corrected chi connectivity index (χ2v) is 15.0. The van der Waals surface area contributed by atoms with E-state index in [0.717, 1.165) is 50.5 Å². The fourth-order valence-electron chi connectivity index (χ4n) is 11.1. The fraction of sp³-hybridized carbons (Fsp3) is 0.844. The first kappa shape index (κ1) is 26.2. The first-order valence-electron chi connectivity index (χ1n) is 14.6. The van der Waals surface area contributed by atoms with Gasteiger partial charge >= 0.3 is 5.97 Å². The molecule has 0 aliphatic heterocycles. The van der Waals surface area contributed by atoms with Crippen molar-refractivity contribution >= 4 is 17.5 Å². The quantitative estimate of drug-likeness (QED) is 0.302. The number of ketones is 2. The maximum absolute atomic E-state index is 13.3. The molecule has 0 spiro atoms. The highest BCUT2D eigenvalue weighted by molar-refractivity contribution is 6.48. The van der Waals surface area contributed by atoms with Gasteiger partial charge in [0.15, 0.2) is 0 Å². The highest BCUT2D eigenvalue weighted by Gasteiger charge is 2.70. The molecule has 5 rings (SSSR count). The van der Waals surface area contributed by atoms with Gasteiger partial charge in [-0.2, -0.15) is 0 Å². The average molecular weight is 497 g/mol. The summed E-state index contributed by atoms with van der Waals surface area (Å²) in [5.74, 6) is 1.04. The Balaban J connectivity index is 1.56. The van der Waals surface area contributed by atoms with Crippen molar-refractivity contribution in [3.63, 3.8) is 0 Å². The minimum absolute atomic E-state index is 0.00554. The summed E-state index contributed by atoms with van der Waals surface area (Å²) in [6.07, 6.45) is 8.43. The Labute approximate surface area is 218 Å². The number of carbonyl (C=O) groups is 3. The van der Waals surface area contributed by atoms with Gasteiger partial charge in [0, 0.05) is 17.9 Å². The van der Waals surface area contributed by atoms with Crippen LogP contribution in [-0.4, -0.2) is 23.6 Å². The summed E-state index contributed by atoms with van der Waals surface area (Å²) >= 11 is 0. The maximum atomic E-state index is 13.3. The lowest BCUT2D eigenvalue weighted by molar-refractivity contribution is -0.232. The largest absolute Gasteiger partial charge is 0.462 e. The number of esters is 1. The molecule has 4 heteroatoms. The van der Waals surface area contributed by atoms with Gasteiger partial charge in [-0.3, -0.25) is 14.4 Å². The number of allylic oxidation sites excluding steroid dienone is 2. The van der Waals surface area contributed by atoms with Gasteiger partial charge < -0.3 is 4.74 Å². The molecule has 0 aromatic heterocycles. The van der Waals surface area contributed by atoms with Crippen molar-refractivity contribution in [2.75, 3.05) is 0 Å². The third-order valence-corrected chi connectivity index (χ3v) is 13.0. The molecule has 0 N–H and O–H groups in total. The summed E-state index contributed by atoms with van der Waals surface area (Å²) in [7, 11) is 0. The van der Waals surface area contributed by atoms with Crippen LogP contribution in [0.4, 0.5) is 0 Å². The first-order valence-corrected chi connectivity index (χ1v) is 14.6. The van der Waals surface area contributed by atoms with Gasteiger partial charge in [-0.25, -0.2) is 0 Å². The van der Waals surface area contributed by atoms with Crippen molar-refractivity contribution in [1.82, 2.24) is 0 Å². The van der Waals surface area contributed by atoms with Crippen LogP contribution in [-0.2, 0) is 19.1 Å². The Morgan fingerprint density at radius 1 is 0.833 bits per heavy atom. The van der Waals surface area contributed by atoms with E-state index < -0.39 is 5.41 Å². The maximum Gasteiger partial charge on any atom is 0.302 e. The van der Waals surface area contributed by atoms with Gasteiger partial charge in [0.2, 0.25) is 11.6 Å². The first-order chi connectivity index (χ1) is 16.6. The smallest absolute Gasteiger partial charge is 0.302 e. The van der Waals surface area contributed by atoms with Gasteiger partial charge in [-0.1, -0.05) is 48.5 Å². The third-order valence-electron chi connectivity index (χ3n) is 13.0. The molecule has 0 bridgehead atoms. The number of hydrogen-bond acceptors (Lipinski definition) is 4. The summed E-state index contributed by atoms with van der Waals surface area (Å²) in [5.41, 5.74) is 1.90. The van der Waals surface area contributed by atoms with Crippen LogP contribution < -0.4 is 0 Å². The van der Waals surface area contributed by atoms with Crippen molar-refractivity contribution in [2.24, 2.45) is 50.7 Å². The minimum Gasteiger partial charge on any atom is -0.462 e. The molecule has 0 saturated heterocycles. The standard InChI is InChI=1S/C32H48O4/c1-18(2)24-25-20-10-11-22-29(6)14-13-23(36-19(3)33)28(4,5)21(29)12-15-32(22,9)31(20,8)17-16-30(25,7)27(35)26(24)34/h18,20-23H,10-17H2,1-9H3/t20-,21?,22?,23+,29+,30-,31-,32-/m1/s1. The predicted octanol–water partition coefficient (Wildman–Crippen LogP) is 7.10. The number of hydrogen-bond donors (Lipinski definition) is 0. The summed E-state index contributed by atoms with van der Waals surface area (Å²) in [6.45, 7) is 20.1. The van der Waals surface area contributed by atoms with Crippen molar-refractivity contribution in [1.29, 1.82) is 0 Å². The van der Waals surface area contributed by atoms with Crippen LogP contribution in [0.3, 0.4) is 0 Å². The highest BCUT2D eigenvalue weighted by atomic mass is 16.5. The zero-order chi connectivity index (χ0) is 26.6. The molecule has 0 radical (unpaired) electrons. The van der Waals surface area contributed by atoms with E-state index in [9.17, 15) is 14.4 Å². The van der Waals surface area contributed by atoms with Crippen LogP contribution in [0, 0.1) is 50.7 Å². The van der Waals surface area contributed by atoms with Gasteiger partial charge in [-0.05, 0) is 104 Å². The van der Waals surface area contributed by atoms with E-state index >= 15 is 0 Å². The van der Waals surface area contributed by atoms with Crippen LogP contribution in [0.5, 0.6) is 0 Å². The number of ether oxygens (including phenoxy) is 1. The number of rotatable bonds is 2. The molecule has 8 atom stereocenters. The molecule has 36 heavy (non-hydrogen) atoms. The molecule has 5 aliphatic rings. The molecule has 4 nitrogen and oxygen atoms in total. The van der Waals surface area contributed by atoms with Crippen LogP contribution in [0.1, 0.15) is 114 Å². The summed E-state index contributed by atoms with van der Waals surface area (Å²) in [6, 6.07) is 0. The van der Waals surface area contributed by atoms with Crippen molar-refractivity contribution in [3.05, 3.63) is 11.1 Å². The Bertz CT molecular complexity index is 1050. The van der Waals surface area contributed by atoms with E-state index in [1.165, 1.54) is 12.0 Å². The van der Waals surface area contributed by atoms with E-state index in [0.29, 0.717) is 17.8 Å². The van der Waals surface area contributed by atoms with Crippen LogP contribution in [0.25, 0.3) is 0 Å². The number of fused-ring (bicyclic) bond motifs is 7. The molecular formula is C32H48O4. The second kappa shape index (κ2) is 7.79. The van der Waals surface area contributed by atoms with Crippen molar-refractivity contribution in [2.45, 2.75) is 120 Å². The van der Waals surface area contributed by atoms with E-state index in [1.54, 1.807) is 6.92 Å². The Kier molecular flexibility index (Phi) is 5.66. The van der Waals surface area contributed by atoms with Gasteiger partial charge in [0.05, 0.1) is 5.41 Å². The summed E-state index contributed by atoms with van der Waals surface area (Å²) < 4.78 is 5.87. The molecule has 0 amide bonds. The lowest BCUT2D eigenvalue weighted by atomic mass is 9.33. The molecule has 0 aromatic rings. The number of carbonyl (C=O) groups excluding carboxylic acids is 3. The summed E-state index contributed by atoms with van der Waals surface area (Å²) in [5, 5.41) is 0. The number of Topliss-reactive ketones (excluding diaryl/α,β-unsaturated/α-hetero) is 2. The predicted molar refractivity (Wildman–Crippen MR) is 141 cm³/mol. The molecule has 0 aromatic carbocycles. The summed E-state index contributed by atoms with van der Waals surface area (Å²) in [4.78, 5) is 38.4. The molecule has 4 saturated carbocycles. The van der Waals surface area contributed by atoms with Crippen LogP contribution >= 0.6 is 0 Å². The Morgan fingerprint density at radius 3 is 2.11 bits per heavy atom. The molecule has 5 aliphatic carbocycles. The molecule has 0 heterocycles. The third kappa shape index (κ3) is 3.02. The zero-order valence-corrected chi connectivity index (χ0v) is 24.2. The van der Waals surface area contributed by atoms with E-state index in [4.69, 9.17) is 4.74 Å². The van der Waals surface area contributed by atoms with Crippen LogP contribution in [0.15, 0.2) is 11.1 Å². The molecule has 200 valence electrons. The van der Waals surface area contributed by atoms with Crippen LogP contribution in [0.2, 0.25) is 0 Å². The van der Waals surface area contributed by atoms with E-state index in [2.05, 4.69) is 55.4 Å². The van der Waals surface area contributed by atoms with Gasteiger partial charge in [0.1, 0.15) is 6.10 Å². The van der Waals surface area contributed by atoms with E-state index in [1.807, 2.05) is 0 Å². The SMILES string of the molecule is CC(=O)O[C@H]1CC[C@@]2(C)C(CC[C@]3(C)C2CC[C@@H]2C4=C(C(C)C)C(=O)C(=O)[C@]4(C)CC[C@]23C)C1(C)C. The highest BCUT2D eigenvalue weighted by Crippen LogP contribution is 2.76. The van der Waals surface area contributed by atoms with Gasteiger partial charge in [-0.15, -0.1) is 0 Å². The lowest BCUT2D eigenvalue weighted by Gasteiger charge is -2.72. The van der Waals surface area contributed by atoms with Gasteiger partial charge in [0.25, 0.3) is 0 Å². The second-order valence-electron chi connectivity index (χ2n) is 15.0. The van der Waals surface area contributed by atoms with Crippen molar-refractivity contribution in [3.8, 4) is 0 Å².